The molecule has 0 spiro atoms. The number of nitrogens with zero attached hydrogens (tertiary/aromatic N) is 1. The van der Waals surface area contributed by atoms with Gasteiger partial charge in [0.25, 0.3) is 0 Å². The van der Waals surface area contributed by atoms with Crippen LogP contribution in [0, 0.1) is 0 Å². The predicted molar refractivity (Wildman–Crippen MR) is 48.6 cm³/mol. The Labute approximate surface area is 77.6 Å². The van der Waals surface area contributed by atoms with Crippen LogP contribution in [0.15, 0.2) is 30.3 Å². The van der Waals surface area contributed by atoms with E-state index in [1.54, 1.807) is 0 Å². The van der Waals surface area contributed by atoms with Crippen molar-refractivity contribution in [3.63, 3.8) is 0 Å². The molecule has 0 aliphatic carbocycles. The number of hydrogen-bond donors (Lipinski definition) is 0. The number of benzene rings is 1. The number of hydrogen-bond acceptors (Lipinski definition) is 1. The van der Waals surface area contributed by atoms with Crippen molar-refractivity contribution in [3.05, 3.63) is 35.9 Å². The summed E-state index contributed by atoms with van der Waals surface area (Å²) in [7, 11) is 4.19. The van der Waals surface area contributed by atoms with Crippen LogP contribution < -0.4 is 0 Å². The van der Waals surface area contributed by atoms with Gasteiger partial charge in [-0.15, -0.1) is 0 Å². The molecule has 1 aromatic carbocycles. The van der Waals surface area contributed by atoms with E-state index in [4.69, 9.17) is 0 Å². The van der Waals surface area contributed by atoms with Crippen LogP contribution in [0.5, 0.6) is 0 Å². The molecular weight excluding hydrogens is 129 g/mol. The van der Waals surface area contributed by atoms with Gasteiger partial charge in [0.05, 0.1) is 0 Å². The van der Waals surface area contributed by atoms with E-state index >= 15 is 0 Å². The SMILES string of the molecule is [Li][CH](c1ccccc1)N(C)C. The van der Waals surface area contributed by atoms with Crippen LogP contribution in [-0.2, 0) is 0 Å². The monoisotopic (exact) mass is 141 g/mol. The second-order valence-electron chi connectivity index (χ2n) is 3.05. The van der Waals surface area contributed by atoms with Crippen LogP contribution >= 0.6 is 0 Å². The van der Waals surface area contributed by atoms with Gasteiger partial charge in [-0.1, -0.05) is 0 Å². The molecule has 0 aliphatic heterocycles. The van der Waals surface area contributed by atoms with Crippen molar-refractivity contribution >= 4 is 17.7 Å². The summed E-state index contributed by atoms with van der Waals surface area (Å²) >= 11 is 2.20. The van der Waals surface area contributed by atoms with Gasteiger partial charge in [-0.05, 0) is 0 Å². The molecule has 1 unspecified atom stereocenters. The summed E-state index contributed by atoms with van der Waals surface area (Å²) in [5, 5.41) is 0. The molecule has 54 valence electrons. The first-order valence-electron chi connectivity index (χ1n) is 3.93. The Morgan fingerprint density at radius 3 is 2.18 bits per heavy atom. The van der Waals surface area contributed by atoms with Crippen LogP contribution in [0.4, 0.5) is 0 Å². The van der Waals surface area contributed by atoms with Gasteiger partial charge in [0, 0.05) is 0 Å². The second kappa shape index (κ2) is 3.97. The molecule has 0 amide bonds. The summed E-state index contributed by atoms with van der Waals surface area (Å²) < 4.78 is 0.510. The van der Waals surface area contributed by atoms with Gasteiger partial charge in [-0.2, -0.15) is 0 Å². The minimum atomic E-state index is 0.510. The molecule has 0 saturated heterocycles. The maximum atomic E-state index is 2.20. The van der Waals surface area contributed by atoms with E-state index in [9.17, 15) is 0 Å². The summed E-state index contributed by atoms with van der Waals surface area (Å²) in [4.78, 5) is 2.20. The second-order valence-corrected chi connectivity index (χ2v) is 3.05. The Morgan fingerprint density at radius 2 is 1.73 bits per heavy atom. The molecule has 11 heavy (non-hydrogen) atoms. The average molecular weight is 141 g/mol. The third-order valence-corrected chi connectivity index (χ3v) is 2.06. The maximum absolute atomic E-state index is 2.20. The van der Waals surface area contributed by atoms with Gasteiger partial charge < -0.3 is 0 Å². The molecule has 0 saturated carbocycles. The van der Waals surface area contributed by atoms with Gasteiger partial charge in [0.1, 0.15) is 0 Å². The fraction of sp³-hybridized carbons (Fsp3) is 0.333. The van der Waals surface area contributed by atoms with E-state index in [-0.39, 0.29) is 0 Å². The first kappa shape index (κ1) is 8.87. The molecule has 2 heteroatoms. The van der Waals surface area contributed by atoms with Crippen molar-refractivity contribution in [3.8, 4) is 0 Å². The fourth-order valence-electron chi connectivity index (χ4n) is 1.03. The summed E-state index contributed by atoms with van der Waals surface area (Å²) in [5.41, 5.74) is 1.37. The molecule has 0 N–H and O–H groups in total. The van der Waals surface area contributed by atoms with E-state index in [0.29, 0.717) is 4.71 Å². The molecule has 1 aromatic rings. The van der Waals surface area contributed by atoms with Gasteiger partial charge in [0.2, 0.25) is 0 Å². The van der Waals surface area contributed by atoms with E-state index < -0.39 is 0 Å². The number of rotatable bonds is 2. The fourth-order valence-corrected chi connectivity index (χ4v) is 1.03. The average Bonchev–Trinajstić information content (AvgIpc) is 2.05. The van der Waals surface area contributed by atoms with Crippen molar-refractivity contribution in [2.75, 3.05) is 14.1 Å². The van der Waals surface area contributed by atoms with Crippen LogP contribution in [0.25, 0.3) is 0 Å². The molecule has 0 bridgehead atoms. The van der Waals surface area contributed by atoms with Gasteiger partial charge in [0.15, 0.2) is 0 Å². The topological polar surface area (TPSA) is 3.24 Å². The molecular formula is C9H12LiN. The molecule has 0 fully saturated rings. The van der Waals surface area contributed by atoms with Crippen molar-refractivity contribution in [1.82, 2.24) is 4.90 Å². The summed E-state index contributed by atoms with van der Waals surface area (Å²) in [6, 6.07) is 10.5. The third kappa shape index (κ3) is 2.38. The zero-order chi connectivity index (χ0) is 8.27. The van der Waals surface area contributed by atoms with Gasteiger partial charge >= 0.3 is 77.3 Å². The Kier molecular flexibility index (Phi) is 3.20. The Morgan fingerprint density at radius 1 is 1.18 bits per heavy atom. The van der Waals surface area contributed by atoms with Gasteiger partial charge in [-0.3, -0.25) is 0 Å². The third-order valence-electron chi connectivity index (χ3n) is 2.06. The molecule has 0 heterocycles. The van der Waals surface area contributed by atoms with Crippen LogP contribution in [0.3, 0.4) is 0 Å². The van der Waals surface area contributed by atoms with Crippen molar-refractivity contribution in [1.29, 1.82) is 0 Å². The van der Waals surface area contributed by atoms with Crippen molar-refractivity contribution < 1.29 is 0 Å². The van der Waals surface area contributed by atoms with Crippen LogP contribution in [0.1, 0.15) is 10.3 Å². The zero-order valence-corrected chi connectivity index (χ0v) is 7.41. The molecule has 0 radical (unpaired) electrons. The predicted octanol–water partition coefficient (Wildman–Crippen LogP) is 1.42. The normalized spacial score (nSPS) is 13.5. The summed E-state index contributed by atoms with van der Waals surface area (Å²) in [6.07, 6.45) is 0. The van der Waals surface area contributed by atoms with E-state index in [0.717, 1.165) is 0 Å². The zero-order valence-electron chi connectivity index (χ0n) is 7.41. The van der Waals surface area contributed by atoms with E-state index in [1.165, 1.54) is 5.56 Å². The Bertz CT molecular complexity index is 208. The molecule has 1 atom stereocenters. The van der Waals surface area contributed by atoms with Gasteiger partial charge in [-0.25, -0.2) is 0 Å². The van der Waals surface area contributed by atoms with Crippen molar-refractivity contribution in [2.24, 2.45) is 0 Å². The molecule has 0 aliphatic rings. The molecule has 0 aromatic heterocycles. The summed E-state index contributed by atoms with van der Waals surface area (Å²) in [6.45, 7) is 0. The van der Waals surface area contributed by atoms with E-state index in [1.807, 2.05) is 6.07 Å². The molecule has 1 rings (SSSR count). The molecule has 1 nitrogen and oxygen atoms in total. The first-order valence-corrected chi connectivity index (χ1v) is 3.93. The summed E-state index contributed by atoms with van der Waals surface area (Å²) in [5.74, 6) is 0. The first-order chi connectivity index (χ1) is 5.22. The minimum absolute atomic E-state index is 0.510. The van der Waals surface area contributed by atoms with E-state index in [2.05, 4.69) is 61.0 Å². The quantitative estimate of drug-likeness (QED) is 0.563. The van der Waals surface area contributed by atoms with Crippen LogP contribution in [-0.4, -0.2) is 36.7 Å². The Balaban J connectivity index is 2.77. The van der Waals surface area contributed by atoms with Crippen molar-refractivity contribution in [2.45, 2.75) is 4.71 Å². The Hall–Kier alpha value is -0.223. The standard InChI is InChI=1S/C9H12N.Li/c1-10(2)8-9-6-4-3-5-7-9;/h3-8H,1-2H3;. The van der Waals surface area contributed by atoms with Crippen LogP contribution in [0.2, 0.25) is 0 Å².